The fourth-order valence-corrected chi connectivity index (χ4v) is 2.72. The van der Waals surface area contributed by atoms with Crippen LogP contribution in [0, 0.1) is 0 Å². The van der Waals surface area contributed by atoms with E-state index in [1.54, 1.807) is 32.9 Å². The molecule has 9 heteroatoms. The molecule has 1 aromatic rings. The summed E-state index contributed by atoms with van der Waals surface area (Å²) in [5.74, 6) is -2.22. The summed E-state index contributed by atoms with van der Waals surface area (Å²) in [7, 11) is 0. The first-order valence-electron chi connectivity index (χ1n) is 8.41. The topological polar surface area (TPSA) is 93.0 Å². The number of nitrogens with zero attached hydrogens (tertiary/aromatic N) is 4. The molecular formula is C17H20N4O5. The molecule has 2 heterocycles. The number of carbonyl (C=O) groups excluding carboxylic acids is 2. The van der Waals surface area contributed by atoms with E-state index in [4.69, 9.17) is 14.4 Å². The lowest BCUT2D eigenvalue weighted by molar-refractivity contribution is -0.264. The van der Waals surface area contributed by atoms with Gasteiger partial charge in [-0.1, -0.05) is 30.3 Å². The van der Waals surface area contributed by atoms with Crippen molar-refractivity contribution in [3.05, 3.63) is 35.9 Å². The van der Waals surface area contributed by atoms with Crippen molar-refractivity contribution in [2.24, 2.45) is 9.98 Å². The molecule has 26 heavy (non-hydrogen) atoms. The van der Waals surface area contributed by atoms with E-state index in [1.807, 2.05) is 18.2 Å². The number of ether oxygens (including phenoxy) is 1. The van der Waals surface area contributed by atoms with Crippen LogP contribution in [0.1, 0.15) is 26.3 Å². The van der Waals surface area contributed by atoms with Gasteiger partial charge in [-0.25, -0.2) is 14.8 Å². The lowest BCUT2D eigenvalue weighted by Crippen LogP contribution is -2.68. The largest absolute Gasteiger partial charge is 0.380 e. The van der Waals surface area contributed by atoms with E-state index < -0.39 is 17.8 Å². The molecule has 9 nitrogen and oxygen atoms in total. The summed E-state index contributed by atoms with van der Waals surface area (Å²) < 4.78 is 5.74. The number of carbonyl (C=O) groups is 2. The molecule has 1 atom stereocenters. The molecule has 0 saturated carbocycles. The molecule has 3 amide bonds. The smallest absolute Gasteiger partial charge is 0.330 e. The number of hydrogen-bond acceptors (Lipinski definition) is 7. The highest BCUT2D eigenvalue weighted by atomic mass is 16.8. The average Bonchev–Trinajstić information content (AvgIpc) is 3.04. The summed E-state index contributed by atoms with van der Waals surface area (Å²) in [4.78, 5) is 45.1. The Morgan fingerprint density at radius 3 is 2.31 bits per heavy atom. The Balaban J connectivity index is 2.14. The number of aliphatic imine (C=N–C) groups is 2. The third-order valence-corrected chi connectivity index (χ3v) is 3.69. The predicted octanol–water partition coefficient (Wildman–Crippen LogP) is 1.75. The van der Waals surface area contributed by atoms with Crippen LogP contribution < -0.4 is 0 Å². The molecule has 1 aromatic carbocycles. The summed E-state index contributed by atoms with van der Waals surface area (Å²) in [5, 5.41) is 1.53. The van der Waals surface area contributed by atoms with Crippen LogP contribution in [0.15, 0.2) is 40.3 Å². The monoisotopic (exact) mass is 360 g/mol. The Kier molecular flexibility index (Phi) is 5.12. The number of urea groups is 1. The van der Waals surface area contributed by atoms with Gasteiger partial charge in [0.15, 0.2) is 11.5 Å². The van der Waals surface area contributed by atoms with Gasteiger partial charge in [0.2, 0.25) is 0 Å². The lowest BCUT2D eigenvalue weighted by atomic mass is 10.2. The van der Waals surface area contributed by atoms with Crippen molar-refractivity contribution in [1.29, 1.82) is 0 Å². The van der Waals surface area contributed by atoms with Gasteiger partial charge in [0.1, 0.15) is 0 Å². The Hall–Kier alpha value is -2.62. The zero-order chi connectivity index (χ0) is 18.7. The van der Waals surface area contributed by atoms with Crippen molar-refractivity contribution in [1.82, 2.24) is 10.1 Å². The Bertz CT molecular complexity index is 764. The van der Waals surface area contributed by atoms with E-state index in [1.165, 1.54) is 0 Å². The van der Waals surface area contributed by atoms with Gasteiger partial charge in [0, 0.05) is 12.2 Å². The second kappa shape index (κ2) is 7.32. The second-order valence-electron chi connectivity index (χ2n) is 5.32. The average molecular weight is 360 g/mol. The third-order valence-electron chi connectivity index (χ3n) is 3.69. The summed E-state index contributed by atoms with van der Waals surface area (Å²) in [6.07, 6.45) is 0. The number of rotatable bonds is 7. The van der Waals surface area contributed by atoms with Crippen molar-refractivity contribution in [3.63, 3.8) is 0 Å². The SMILES string of the molecule is CCON1C(=O)C2=NC(c3ccccc3)=NC2(OCC)N(OCC)C1=O. The van der Waals surface area contributed by atoms with Crippen molar-refractivity contribution in [2.75, 3.05) is 19.8 Å². The molecule has 0 aromatic heterocycles. The van der Waals surface area contributed by atoms with Crippen LogP contribution in [0.3, 0.4) is 0 Å². The summed E-state index contributed by atoms with van der Waals surface area (Å²) in [6, 6.07) is 8.30. The molecule has 0 spiro atoms. The second-order valence-corrected chi connectivity index (χ2v) is 5.32. The van der Waals surface area contributed by atoms with Gasteiger partial charge in [-0.15, -0.1) is 10.1 Å². The van der Waals surface area contributed by atoms with Gasteiger partial charge in [0.25, 0.3) is 0 Å². The minimum atomic E-state index is -1.77. The fourth-order valence-electron chi connectivity index (χ4n) is 2.72. The van der Waals surface area contributed by atoms with Gasteiger partial charge in [-0.3, -0.25) is 14.5 Å². The first-order valence-corrected chi connectivity index (χ1v) is 8.41. The Labute approximate surface area is 150 Å². The van der Waals surface area contributed by atoms with E-state index in [0.29, 0.717) is 10.6 Å². The minimum absolute atomic E-state index is 0.0836. The molecule has 0 radical (unpaired) electrons. The van der Waals surface area contributed by atoms with Gasteiger partial charge < -0.3 is 4.74 Å². The van der Waals surface area contributed by atoms with Crippen LogP contribution in [0.5, 0.6) is 0 Å². The minimum Gasteiger partial charge on any atom is -0.330 e. The number of imide groups is 1. The summed E-state index contributed by atoms with van der Waals surface area (Å²) >= 11 is 0. The molecule has 2 aliphatic heterocycles. The maximum absolute atomic E-state index is 12.8. The van der Waals surface area contributed by atoms with Crippen molar-refractivity contribution < 1.29 is 24.0 Å². The van der Waals surface area contributed by atoms with Crippen LogP contribution in [-0.4, -0.2) is 59.3 Å². The molecule has 0 aliphatic carbocycles. The van der Waals surface area contributed by atoms with E-state index in [-0.39, 0.29) is 31.4 Å². The van der Waals surface area contributed by atoms with E-state index in [0.717, 1.165) is 5.06 Å². The van der Waals surface area contributed by atoms with E-state index >= 15 is 0 Å². The zero-order valence-electron chi connectivity index (χ0n) is 14.8. The van der Waals surface area contributed by atoms with Gasteiger partial charge in [-0.05, 0) is 20.8 Å². The Morgan fingerprint density at radius 2 is 1.69 bits per heavy atom. The third kappa shape index (κ3) is 2.79. The summed E-state index contributed by atoms with van der Waals surface area (Å²) in [5.41, 5.74) is 0.604. The highest BCUT2D eigenvalue weighted by molar-refractivity contribution is 6.48. The van der Waals surface area contributed by atoms with Crippen LogP contribution in [0.4, 0.5) is 4.79 Å². The lowest BCUT2D eigenvalue weighted by Gasteiger charge is -2.41. The first kappa shape index (κ1) is 18.2. The van der Waals surface area contributed by atoms with Crippen LogP contribution in [0.25, 0.3) is 0 Å². The number of fused-ring (bicyclic) bond motifs is 1. The van der Waals surface area contributed by atoms with Crippen molar-refractivity contribution in [3.8, 4) is 0 Å². The van der Waals surface area contributed by atoms with Gasteiger partial charge in [0.05, 0.1) is 13.2 Å². The van der Waals surface area contributed by atoms with E-state index in [9.17, 15) is 9.59 Å². The van der Waals surface area contributed by atoms with Crippen molar-refractivity contribution >= 4 is 23.5 Å². The van der Waals surface area contributed by atoms with Gasteiger partial charge in [-0.2, -0.15) is 0 Å². The molecule has 1 saturated heterocycles. The summed E-state index contributed by atoms with van der Waals surface area (Å²) in [6.45, 7) is 5.58. The number of amides is 3. The van der Waals surface area contributed by atoms with Crippen LogP contribution >= 0.6 is 0 Å². The highest BCUT2D eigenvalue weighted by Gasteiger charge is 2.61. The molecular weight excluding hydrogens is 340 g/mol. The standard InChI is InChI=1S/C17H20N4O5/c1-4-24-17-13(18-14(19-17)12-10-8-7-9-11-12)15(22)20(25-5-2)16(23)21(17)26-6-3/h7-11H,4-6H2,1-3H3. The molecule has 1 unspecified atom stereocenters. The molecule has 2 aliphatic rings. The van der Waals surface area contributed by atoms with E-state index in [2.05, 4.69) is 9.98 Å². The number of hydroxylamine groups is 4. The highest BCUT2D eigenvalue weighted by Crippen LogP contribution is 2.34. The molecule has 1 fully saturated rings. The predicted molar refractivity (Wildman–Crippen MR) is 92.1 cm³/mol. The fraction of sp³-hybridized carbons (Fsp3) is 0.412. The molecule has 3 rings (SSSR count). The van der Waals surface area contributed by atoms with Crippen LogP contribution in [0.2, 0.25) is 0 Å². The van der Waals surface area contributed by atoms with Gasteiger partial charge >= 0.3 is 17.8 Å². The maximum Gasteiger partial charge on any atom is 0.380 e. The van der Waals surface area contributed by atoms with Crippen LogP contribution in [-0.2, 0) is 19.2 Å². The van der Waals surface area contributed by atoms with Crippen molar-refractivity contribution in [2.45, 2.75) is 26.6 Å². The molecule has 0 N–H and O–H groups in total. The number of hydrogen-bond donors (Lipinski definition) is 0. The Morgan fingerprint density at radius 1 is 1.00 bits per heavy atom. The number of benzene rings is 1. The molecule has 138 valence electrons. The first-order chi connectivity index (χ1) is 12.6. The maximum atomic E-state index is 12.8. The molecule has 0 bridgehead atoms. The normalized spacial score (nSPS) is 22.4. The number of amidine groups is 1. The zero-order valence-corrected chi connectivity index (χ0v) is 14.8. The quantitative estimate of drug-likeness (QED) is 0.738.